The number of amides is 2. The lowest BCUT2D eigenvalue weighted by atomic mass is 10.1. The fraction of sp³-hybridized carbons (Fsp3) is 0.500. The molecule has 1 unspecified atom stereocenters. The maximum absolute atomic E-state index is 11.4. The van der Waals surface area contributed by atoms with Crippen molar-refractivity contribution in [3.8, 4) is 0 Å². The Kier molecular flexibility index (Phi) is 5.76. The van der Waals surface area contributed by atoms with E-state index in [1.54, 1.807) is 18.6 Å². The van der Waals surface area contributed by atoms with Gasteiger partial charge in [0, 0.05) is 25.1 Å². The number of hydrogen-bond donors (Lipinski definition) is 3. The van der Waals surface area contributed by atoms with Crippen molar-refractivity contribution in [3.05, 3.63) is 24.2 Å². The Labute approximate surface area is 105 Å². The van der Waals surface area contributed by atoms with E-state index < -0.39 is 5.97 Å². The van der Waals surface area contributed by atoms with E-state index in [0.717, 1.165) is 5.56 Å². The first-order valence-electron chi connectivity index (χ1n) is 5.82. The highest BCUT2D eigenvalue weighted by atomic mass is 16.4. The summed E-state index contributed by atoms with van der Waals surface area (Å²) in [5, 5.41) is 13.9. The van der Waals surface area contributed by atoms with E-state index in [0.29, 0.717) is 19.5 Å². The third-order valence-corrected chi connectivity index (χ3v) is 2.50. The Morgan fingerprint density at radius 3 is 2.83 bits per heavy atom. The highest BCUT2D eigenvalue weighted by Crippen LogP contribution is 2.03. The van der Waals surface area contributed by atoms with E-state index in [-0.39, 0.29) is 18.4 Å². The summed E-state index contributed by atoms with van der Waals surface area (Å²) in [6, 6.07) is 1.51. The van der Waals surface area contributed by atoms with Crippen molar-refractivity contribution in [3.63, 3.8) is 0 Å². The molecule has 0 spiro atoms. The Balaban J connectivity index is 2.11. The lowest BCUT2D eigenvalue weighted by Crippen LogP contribution is -2.37. The summed E-state index contributed by atoms with van der Waals surface area (Å²) in [5.74, 6) is -0.674. The van der Waals surface area contributed by atoms with Crippen molar-refractivity contribution >= 4 is 12.0 Å². The number of carbonyl (C=O) groups is 2. The highest BCUT2D eigenvalue weighted by Gasteiger charge is 2.07. The van der Waals surface area contributed by atoms with E-state index >= 15 is 0 Å². The minimum absolute atomic E-state index is 0.124. The molecule has 0 aliphatic rings. The topological polar surface area (TPSA) is 91.6 Å². The zero-order chi connectivity index (χ0) is 13.4. The summed E-state index contributed by atoms with van der Waals surface area (Å²) in [6.07, 6.45) is 3.79. The van der Waals surface area contributed by atoms with Crippen LogP contribution >= 0.6 is 0 Å². The van der Waals surface area contributed by atoms with E-state index in [1.807, 2.05) is 6.92 Å². The van der Waals surface area contributed by atoms with Crippen molar-refractivity contribution in [2.45, 2.75) is 26.3 Å². The number of rotatable bonds is 7. The van der Waals surface area contributed by atoms with Crippen LogP contribution in [0.4, 0.5) is 4.79 Å². The van der Waals surface area contributed by atoms with Gasteiger partial charge in [0.1, 0.15) is 0 Å². The smallest absolute Gasteiger partial charge is 0.315 e. The van der Waals surface area contributed by atoms with Crippen LogP contribution in [0.5, 0.6) is 0 Å². The van der Waals surface area contributed by atoms with Gasteiger partial charge in [-0.2, -0.15) is 0 Å². The van der Waals surface area contributed by atoms with Gasteiger partial charge in [0.25, 0.3) is 0 Å². The molecule has 1 aromatic heterocycles. The molecule has 2 amide bonds. The zero-order valence-electron chi connectivity index (χ0n) is 10.3. The second kappa shape index (κ2) is 7.37. The van der Waals surface area contributed by atoms with Crippen LogP contribution in [0.3, 0.4) is 0 Å². The normalized spacial score (nSPS) is 11.8. The molecule has 0 fully saturated rings. The van der Waals surface area contributed by atoms with Crippen LogP contribution in [-0.2, 0) is 11.3 Å². The van der Waals surface area contributed by atoms with Crippen LogP contribution in [0.25, 0.3) is 0 Å². The fourth-order valence-corrected chi connectivity index (χ4v) is 1.38. The first kappa shape index (κ1) is 14.1. The molecule has 1 rings (SSSR count). The largest absolute Gasteiger partial charge is 0.481 e. The summed E-state index contributed by atoms with van der Waals surface area (Å²) in [6.45, 7) is 2.77. The standard InChI is InChI=1S/C12H18N2O4/c1-9(2-3-11(15)16)6-13-12(17)14-7-10-4-5-18-8-10/h4-5,8-9H,2-3,6-7H2,1H3,(H,15,16)(H2,13,14,17). The molecule has 3 N–H and O–H groups in total. The number of carbonyl (C=O) groups excluding carboxylic acids is 1. The molecule has 1 heterocycles. The van der Waals surface area contributed by atoms with Crippen LogP contribution in [-0.4, -0.2) is 23.7 Å². The van der Waals surface area contributed by atoms with Gasteiger partial charge in [-0.25, -0.2) is 4.79 Å². The maximum atomic E-state index is 11.4. The average molecular weight is 254 g/mol. The molecule has 0 radical (unpaired) electrons. The van der Waals surface area contributed by atoms with Crippen molar-refractivity contribution in [1.82, 2.24) is 10.6 Å². The number of hydrogen-bond acceptors (Lipinski definition) is 3. The van der Waals surface area contributed by atoms with Crippen LogP contribution in [0.1, 0.15) is 25.3 Å². The number of nitrogens with one attached hydrogen (secondary N) is 2. The number of carboxylic acid groups (broad SMARTS) is 1. The van der Waals surface area contributed by atoms with Gasteiger partial charge >= 0.3 is 12.0 Å². The fourth-order valence-electron chi connectivity index (χ4n) is 1.38. The molecule has 0 aromatic carbocycles. The minimum Gasteiger partial charge on any atom is -0.481 e. The van der Waals surface area contributed by atoms with Gasteiger partial charge in [0.15, 0.2) is 0 Å². The molecule has 6 nitrogen and oxygen atoms in total. The van der Waals surface area contributed by atoms with Crippen molar-refractivity contribution in [2.24, 2.45) is 5.92 Å². The first-order valence-corrected chi connectivity index (χ1v) is 5.82. The van der Waals surface area contributed by atoms with E-state index in [4.69, 9.17) is 9.52 Å². The van der Waals surface area contributed by atoms with Gasteiger partial charge in [0.2, 0.25) is 0 Å². The molecule has 0 saturated heterocycles. The summed E-state index contributed by atoms with van der Waals surface area (Å²) < 4.78 is 4.87. The number of aliphatic carboxylic acids is 1. The summed E-state index contributed by atoms with van der Waals surface area (Å²) >= 11 is 0. The lowest BCUT2D eigenvalue weighted by molar-refractivity contribution is -0.137. The molecule has 18 heavy (non-hydrogen) atoms. The third-order valence-electron chi connectivity index (χ3n) is 2.50. The second-order valence-corrected chi connectivity index (χ2v) is 4.23. The van der Waals surface area contributed by atoms with E-state index in [9.17, 15) is 9.59 Å². The molecule has 1 atom stereocenters. The van der Waals surface area contributed by atoms with Gasteiger partial charge in [-0.1, -0.05) is 6.92 Å². The predicted molar refractivity (Wildman–Crippen MR) is 65.0 cm³/mol. The molecule has 100 valence electrons. The third kappa shape index (κ3) is 5.93. The minimum atomic E-state index is -0.814. The monoisotopic (exact) mass is 254 g/mol. The van der Waals surface area contributed by atoms with Crippen molar-refractivity contribution in [2.75, 3.05) is 6.54 Å². The molecule has 6 heteroatoms. The quantitative estimate of drug-likeness (QED) is 0.689. The Hall–Kier alpha value is -1.98. The average Bonchev–Trinajstić information content (AvgIpc) is 2.84. The molecule has 1 aromatic rings. The first-order chi connectivity index (χ1) is 8.58. The molecule has 0 bridgehead atoms. The Bertz CT molecular complexity index is 375. The van der Waals surface area contributed by atoms with Gasteiger partial charge < -0.3 is 20.2 Å². The van der Waals surface area contributed by atoms with Gasteiger partial charge in [0.05, 0.1) is 12.5 Å². The summed E-state index contributed by atoms with van der Waals surface area (Å²) in [4.78, 5) is 21.8. The van der Waals surface area contributed by atoms with Crippen LogP contribution in [0.2, 0.25) is 0 Å². The SMILES string of the molecule is CC(CCC(=O)O)CNC(=O)NCc1ccoc1. The van der Waals surface area contributed by atoms with E-state index in [1.165, 1.54) is 0 Å². The number of furan rings is 1. The predicted octanol–water partition coefficient (Wildman–Crippen LogP) is 1.58. The number of carboxylic acids is 1. The van der Waals surface area contributed by atoms with Crippen molar-refractivity contribution in [1.29, 1.82) is 0 Å². The van der Waals surface area contributed by atoms with Gasteiger partial charge in [-0.05, 0) is 18.4 Å². The lowest BCUT2D eigenvalue weighted by Gasteiger charge is -2.11. The molecular weight excluding hydrogens is 236 g/mol. The maximum Gasteiger partial charge on any atom is 0.315 e. The molecular formula is C12H18N2O4. The van der Waals surface area contributed by atoms with Crippen LogP contribution in [0.15, 0.2) is 23.0 Å². The molecule has 0 aliphatic carbocycles. The van der Waals surface area contributed by atoms with Gasteiger partial charge in [-0.15, -0.1) is 0 Å². The summed E-state index contributed by atoms with van der Waals surface area (Å²) in [5.41, 5.74) is 0.893. The zero-order valence-corrected chi connectivity index (χ0v) is 10.3. The Morgan fingerprint density at radius 1 is 1.44 bits per heavy atom. The second-order valence-electron chi connectivity index (χ2n) is 4.23. The highest BCUT2D eigenvalue weighted by molar-refractivity contribution is 5.73. The molecule has 0 saturated carbocycles. The number of urea groups is 1. The van der Waals surface area contributed by atoms with Gasteiger partial charge in [-0.3, -0.25) is 4.79 Å². The van der Waals surface area contributed by atoms with Crippen LogP contribution in [0, 0.1) is 5.92 Å². The van der Waals surface area contributed by atoms with Crippen LogP contribution < -0.4 is 10.6 Å². The Morgan fingerprint density at radius 2 is 2.22 bits per heavy atom. The molecule has 0 aliphatic heterocycles. The van der Waals surface area contributed by atoms with Crippen molar-refractivity contribution < 1.29 is 19.1 Å². The summed E-state index contributed by atoms with van der Waals surface area (Å²) in [7, 11) is 0. The van der Waals surface area contributed by atoms with E-state index in [2.05, 4.69) is 10.6 Å².